The average molecular weight is 505 g/mol. The number of ether oxygens (including phenoxy) is 3. The molecule has 3 aromatic heterocycles. The van der Waals surface area contributed by atoms with Gasteiger partial charge in [0.1, 0.15) is 23.5 Å². The van der Waals surface area contributed by atoms with E-state index in [-0.39, 0.29) is 29.5 Å². The van der Waals surface area contributed by atoms with E-state index in [0.29, 0.717) is 11.5 Å². The van der Waals surface area contributed by atoms with Gasteiger partial charge in [-0.05, 0) is 32.3 Å². The number of rotatable bonds is 10. The van der Waals surface area contributed by atoms with E-state index in [1.807, 2.05) is 6.92 Å². The minimum absolute atomic E-state index is 0.0372. The van der Waals surface area contributed by atoms with Crippen molar-refractivity contribution in [2.24, 2.45) is 0 Å². The lowest BCUT2D eigenvalue weighted by Crippen LogP contribution is -2.33. The zero-order valence-electron chi connectivity index (χ0n) is 20.2. The smallest absolute Gasteiger partial charge is 0.245 e. The highest BCUT2D eigenvalue weighted by Crippen LogP contribution is 2.40. The Balaban J connectivity index is 1.76. The van der Waals surface area contributed by atoms with E-state index in [1.54, 1.807) is 17.0 Å². The fourth-order valence-corrected chi connectivity index (χ4v) is 4.92. The first-order valence-corrected chi connectivity index (χ1v) is 12.6. The van der Waals surface area contributed by atoms with E-state index >= 15 is 0 Å². The maximum Gasteiger partial charge on any atom is 0.245 e. The summed E-state index contributed by atoms with van der Waals surface area (Å²) < 4.78 is 47.4. The Kier molecular flexibility index (Phi) is 7.12. The molecule has 1 aliphatic carbocycles. The average Bonchev–Trinajstić information content (AvgIpc) is 3.20. The third-order valence-corrected chi connectivity index (χ3v) is 7.68. The fraction of sp³-hybridized carbons (Fsp3) is 0.524. The van der Waals surface area contributed by atoms with Gasteiger partial charge in [-0.15, -0.1) is 10.2 Å². The van der Waals surface area contributed by atoms with Crippen LogP contribution in [0.15, 0.2) is 18.7 Å². The quantitative estimate of drug-likeness (QED) is 0.430. The molecule has 188 valence electrons. The van der Waals surface area contributed by atoms with E-state index in [9.17, 15) is 8.42 Å². The highest BCUT2D eigenvalue weighted by molar-refractivity contribution is 7.93. The Hall–Kier alpha value is -3.39. The number of nitrogens with zero attached hydrogens (tertiary/aromatic N) is 7. The van der Waals surface area contributed by atoms with Crippen LogP contribution in [0.1, 0.15) is 55.4 Å². The molecule has 4 rings (SSSR count). The summed E-state index contributed by atoms with van der Waals surface area (Å²) in [6.45, 7) is 3.36. The predicted octanol–water partition coefficient (Wildman–Crippen LogP) is 1.96. The van der Waals surface area contributed by atoms with Crippen molar-refractivity contribution in [1.82, 2.24) is 34.7 Å². The van der Waals surface area contributed by atoms with E-state index in [4.69, 9.17) is 14.2 Å². The summed E-state index contributed by atoms with van der Waals surface area (Å²) in [6, 6.07) is 0. The molecule has 0 saturated heterocycles. The first-order chi connectivity index (χ1) is 16.8. The summed E-state index contributed by atoms with van der Waals surface area (Å²) in [5.41, 5.74) is 1.15. The largest absolute Gasteiger partial charge is 0.479 e. The number of sulfonamides is 1. The van der Waals surface area contributed by atoms with E-state index in [2.05, 4.69) is 34.9 Å². The maximum atomic E-state index is 13.5. The molecule has 2 atom stereocenters. The van der Waals surface area contributed by atoms with Gasteiger partial charge >= 0.3 is 0 Å². The molecular formula is C21H28N8O5S. The van der Waals surface area contributed by atoms with E-state index in [1.165, 1.54) is 34.6 Å². The Labute approximate surface area is 203 Å². The van der Waals surface area contributed by atoms with Crippen molar-refractivity contribution >= 4 is 16.0 Å². The summed E-state index contributed by atoms with van der Waals surface area (Å²) in [6.07, 6.45) is 6.44. The number of hydrogen-bond donors (Lipinski definition) is 1. The second-order valence-electron chi connectivity index (χ2n) is 8.21. The van der Waals surface area contributed by atoms with Crippen LogP contribution in [0.3, 0.4) is 0 Å². The molecule has 1 saturated carbocycles. The number of nitrogens with one attached hydrogen (secondary N) is 1. The molecule has 0 amide bonds. The van der Waals surface area contributed by atoms with Crippen molar-refractivity contribution in [3.05, 3.63) is 35.9 Å². The molecule has 0 radical (unpaired) electrons. The summed E-state index contributed by atoms with van der Waals surface area (Å²) in [4.78, 5) is 16.8. The highest BCUT2D eigenvalue weighted by atomic mass is 32.2. The number of aromatic nitrogens is 7. The van der Waals surface area contributed by atoms with Crippen LogP contribution in [-0.2, 0) is 14.8 Å². The van der Waals surface area contributed by atoms with Gasteiger partial charge in [0.2, 0.25) is 27.7 Å². The van der Waals surface area contributed by atoms with Gasteiger partial charge in [-0.2, -0.15) is 9.97 Å². The molecule has 1 aliphatic rings. The predicted molar refractivity (Wildman–Crippen MR) is 125 cm³/mol. The molecule has 2 unspecified atom stereocenters. The van der Waals surface area contributed by atoms with Crippen molar-refractivity contribution in [1.29, 1.82) is 0 Å². The summed E-state index contributed by atoms with van der Waals surface area (Å²) >= 11 is 0. The van der Waals surface area contributed by atoms with Gasteiger partial charge in [0.05, 0.1) is 14.2 Å². The summed E-state index contributed by atoms with van der Waals surface area (Å²) in [7, 11) is 0.264. The first-order valence-electron chi connectivity index (χ1n) is 11.0. The lowest BCUT2D eigenvalue weighted by molar-refractivity contribution is 0.0949. The van der Waals surface area contributed by atoms with E-state index in [0.717, 1.165) is 24.8 Å². The lowest BCUT2D eigenvalue weighted by Gasteiger charge is -2.26. The van der Waals surface area contributed by atoms with Crippen molar-refractivity contribution in [2.75, 3.05) is 26.1 Å². The third-order valence-electron chi connectivity index (χ3n) is 5.98. The zero-order chi connectivity index (χ0) is 25.2. The molecule has 3 aromatic rings. The monoisotopic (exact) mass is 504 g/mol. The minimum atomic E-state index is -4.05. The molecule has 3 heterocycles. The van der Waals surface area contributed by atoms with Gasteiger partial charge in [-0.3, -0.25) is 9.29 Å². The van der Waals surface area contributed by atoms with Crippen molar-refractivity contribution in [3.8, 4) is 17.4 Å². The van der Waals surface area contributed by atoms with Crippen LogP contribution < -0.4 is 14.2 Å². The summed E-state index contributed by atoms with van der Waals surface area (Å²) in [5, 5.41) is 7.41. The molecule has 1 fully saturated rings. The standard InChI is InChI=1S/C21H28N8O5S/c1-12-9-22-17(23-10-12)16(32-3)13(2)35(30,31)28-21-27-26-18(14-7-6-8-14)29(21)15-19(33-4)24-11-25-20(15)34-5/h9-11,13-14,16H,6-8H2,1-5H3,(H,27,28). The summed E-state index contributed by atoms with van der Waals surface area (Å²) in [5.74, 6) is 1.26. The fourth-order valence-electron chi connectivity index (χ4n) is 3.79. The normalized spacial score (nSPS) is 15.8. The van der Waals surface area contributed by atoms with E-state index < -0.39 is 21.4 Å². The van der Waals surface area contributed by atoms with Gasteiger partial charge < -0.3 is 14.2 Å². The van der Waals surface area contributed by atoms with Gasteiger partial charge in [-0.1, -0.05) is 6.42 Å². The molecule has 0 aromatic carbocycles. The topological polar surface area (TPSA) is 156 Å². The maximum absolute atomic E-state index is 13.5. The Morgan fingerprint density at radius 3 is 2.17 bits per heavy atom. The van der Waals surface area contributed by atoms with Crippen LogP contribution in [0.25, 0.3) is 5.69 Å². The van der Waals surface area contributed by atoms with Crippen LogP contribution in [0.4, 0.5) is 5.95 Å². The van der Waals surface area contributed by atoms with Crippen molar-refractivity contribution < 1.29 is 22.6 Å². The zero-order valence-corrected chi connectivity index (χ0v) is 21.0. The number of aryl methyl sites for hydroxylation is 1. The van der Waals surface area contributed by atoms with Crippen LogP contribution in [0.5, 0.6) is 11.8 Å². The Bertz CT molecular complexity index is 1260. The molecule has 13 nitrogen and oxygen atoms in total. The minimum Gasteiger partial charge on any atom is -0.479 e. The molecule has 0 spiro atoms. The van der Waals surface area contributed by atoms with Crippen LogP contribution >= 0.6 is 0 Å². The second-order valence-corrected chi connectivity index (χ2v) is 10.3. The van der Waals surface area contributed by atoms with Crippen LogP contribution in [0, 0.1) is 6.92 Å². The molecule has 1 N–H and O–H groups in total. The Morgan fingerprint density at radius 2 is 1.66 bits per heavy atom. The van der Waals surface area contributed by atoms with Gasteiger partial charge in [-0.25, -0.2) is 18.4 Å². The molecule has 35 heavy (non-hydrogen) atoms. The number of hydrogen-bond acceptors (Lipinski definition) is 11. The Morgan fingerprint density at radius 1 is 1.03 bits per heavy atom. The van der Waals surface area contributed by atoms with Crippen molar-refractivity contribution in [2.45, 2.75) is 50.4 Å². The first kappa shape index (κ1) is 24.7. The third kappa shape index (κ3) is 4.75. The molecular weight excluding hydrogens is 476 g/mol. The van der Waals surface area contributed by atoms with Crippen LogP contribution in [-0.4, -0.2) is 69.7 Å². The van der Waals surface area contributed by atoms with Gasteiger partial charge in [0.25, 0.3) is 0 Å². The molecule has 0 bridgehead atoms. The second kappa shape index (κ2) is 10.1. The molecule has 0 aliphatic heterocycles. The molecule has 14 heteroatoms. The number of methoxy groups -OCH3 is 3. The number of anilines is 1. The lowest BCUT2D eigenvalue weighted by atomic mass is 9.85. The van der Waals surface area contributed by atoms with Gasteiger partial charge in [0.15, 0.2) is 11.5 Å². The van der Waals surface area contributed by atoms with Crippen LogP contribution in [0.2, 0.25) is 0 Å². The van der Waals surface area contributed by atoms with Gasteiger partial charge in [0, 0.05) is 25.4 Å². The SMILES string of the molecule is COc1ncnc(OC)c1-n1c(NS(=O)(=O)C(C)C(OC)c2ncc(C)cn2)nnc1C1CCC1. The van der Waals surface area contributed by atoms with Crippen molar-refractivity contribution in [3.63, 3.8) is 0 Å². The highest BCUT2D eigenvalue weighted by Gasteiger charge is 2.36.